The molecule has 2 saturated carbocycles. The van der Waals surface area contributed by atoms with Crippen LogP contribution in [0.4, 0.5) is 5.69 Å². The summed E-state index contributed by atoms with van der Waals surface area (Å²) in [6.45, 7) is 0. The van der Waals surface area contributed by atoms with Crippen LogP contribution >= 0.6 is 0 Å². The summed E-state index contributed by atoms with van der Waals surface area (Å²) in [7, 11) is 0. The summed E-state index contributed by atoms with van der Waals surface area (Å²) in [6, 6.07) is 7.19. The second-order valence-corrected chi connectivity index (χ2v) is 5.71. The van der Waals surface area contributed by atoms with Gasteiger partial charge in [-0.1, -0.05) is 12.1 Å². The van der Waals surface area contributed by atoms with Gasteiger partial charge in [-0.05, 0) is 54.9 Å². The zero-order valence-electron chi connectivity index (χ0n) is 11.1. The van der Waals surface area contributed by atoms with Crippen molar-refractivity contribution in [3.8, 4) is 0 Å². The summed E-state index contributed by atoms with van der Waals surface area (Å²) in [6.07, 6.45) is 6.01. The number of fused-ring (bicyclic) bond motifs is 1. The van der Waals surface area contributed by atoms with Crippen LogP contribution in [0.25, 0.3) is 6.08 Å². The van der Waals surface area contributed by atoms with E-state index in [0.29, 0.717) is 0 Å². The van der Waals surface area contributed by atoms with Crippen LogP contribution < -0.4 is 5.32 Å². The van der Waals surface area contributed by atoms with Gasteiger partial charge in [0.15, 0.2) is 0 Å². The lowest BCUT2D eigenvalue weighted by atomic mass is 10.0. The zero-order chi connectivity index (χ0) is 14.1. The highest BCUT2D eigenvalue weighted by Crippen LogP contribution is 2.54. The highest BCUT2D eigenvalue weighted by atomic mass is 16.4. The minimum Gasteiger partial charge on any atom is -0.478 e. The summed E-state index contributed by atoms with van der Waals surface area (Å²) < 4.78 is 0. The molecule has 4 nitrogen and oxygen atoms in total. The summed E-state index contributed by atoms with van der Waals surface area (Å²) in [5.74, 6) is 0.919. The first kappa shape index (κ1) is 12.9. The number of benzene rings is 1. The van der Waals surface area contributed by atoms with Gasteiger partial charge in [0.05, 0.1) is 0 Å². The van der Waals surface area contributed by atoms with Gasteiger partial charge in [-0.2, -0.15) is 0 Å². The fourth-order valence-electron chi connectivity index (χ4n) is 3.02. The Morgan fingerprint density at radius 2 is 1.75 bits per heavy atom. The molecule has 104 valence electrons. The molecule has 4 heteroatoms. The number of amides is 1. The van der Waals surface area contributed by atoms with Crippen LogP contribution in [0.3, 0.4) is 0 Å². The Kier molecular flexibility index (Phi) is 3.30. The lowest BCUT2D eigenvalue weighted by Gasteiger charge is -2.12. The molecule has 3 rings (SSSR count). The number of hydrogen-bond donors (Lipinski definition) is 2. The van der Waals surface area contributed by atoms with E-state index in [1.54, 1.807) is 24.3 Å². The predicted octanol–water partition coefficient (Wildman–Crippen LogP) is 2.77. The normalized spacial score (nSPS) is 27.3. The van der Waals surface area contributed by atoms with Gasteiger partial charge in [-0.25, -0.2) is 4.79 Å². The van der Waals surface area contributed by atoms with Crippen molar-refractivity contribution in [2.45, 2.75) is 19.3 Å². The van der Waals surface area contributed by atoms with Gasteiger partial charge in [0.2, 0.25) is 5.91 Å². The summed E-state index contributed by atoms with van der Waals surface area (Å²) >= 11 is 0. The Bertz CT molecular complexity index is 552. The fraction of sp³-hybridized carbons (Fsp3) is 0.375. The van der Waals surface area contributed by atoms with Gasteiger partial charge in [0.25, 0.3) is 0 Å². The van der Waals surface area contributed by atoms with Crippen LogP contribution in [0.5, 0.6) is 0 Å². The minimum atomic E-state index is -0.970. The van der Waals surface area contributed by atoms with E-state index in [1.807, 2.05) is 0 Å². The molecule has 20 heavy (non-hydrogen) atoms. The summed E-state index contributed by atoms with van der Waals surface area (Å²) in [4.78, 5) is 22.5. The van der Waals surface area contributed by atoms with Crippen LogP contribution in [0, 0.1) is 17.8 Å². The van der Waals surface area contributed by atoms with Crippen molar-refractivity contribution in [1.29, 1.82) is 0 Å². The van der Waals surface area contributed by atoms with E-state index in [4.69, 9.17) is 5.11 Å². The number of carbonyl (C=O) groups is 2. The van der Waals surface area contributed by atoms with Crippen molar-refractivity contribution in [2.24, 2.45) is 17.8 Å². The average Bonchev–Trinajstić information content (AvgIpc) is 3.04. The highest BCUT2D eigenvalue weighted by Gasteiger charge is 2.47. The van der Waals surface area contributed by atoms with Crippen molar-refractivity contribution in [3.05, 3.63) is 35.9 Å². The Morgan fingerprint density at radius 1 is 1.10 bits per heavy atom. The molecule has 1 aromatic carbocycles. The van der Waals surface area contributed by atoms with Gasteiger partial charge in [-0.15, -0.1) is 0 Å². The first-order chi connectivity index (χ1) is 9.61. The molecular weight excluding hydrogens is 254 g/mol. The van der Waals surface area contributed by atoms with E-state index < -0.39 is 5.97 Å². The minimum absolute atomic E-state index is 0.117. The summed E-state index contributed by atoms with van der Waals surface area (Å²) in [5.41, 5.74) is 1.57. The maximum absolute atomic E-state index is 12.1. The predicted molar refractivity (Wildman–Crippen MR) is 76.1 cm³/mol. The van der Waals surface area contributed by atoms with Gasteiger partial charge in [0.1, 0.15) is 0 Å². The first-order valence-corrected chi connectivity index (χ1v) is 6.94. The second-order valence-electron chi connectivity index (χ2n) is 5.71. The van der Waals surface area contributed by atoms with Crippen molar-refractivity contribution < 1.29 is 14.7 Å². The third-order valence-corrected chi connectivity index (χ3v) is 4.21. The van der Waals surface area contributed by atoms with Crippen LogP contribution in [-0.2, 0) is 9.59 Å². The van der Waals surface area contributed by atoms with Crippen molar-refractivity contribution in [1.82, 2.24) is 0 Å². The molecule has 2 N–H and O–H groups in total. The Hall–Kier alpha value is -2.10. The molecule has 2 aliphatic carbocycles. The van der Waals surface area contributed by atoms with Crippen molar-refractivity contribution in [2.75, 3.05) is 5.32 Å². The van der Waals surface area contributed by atoms with E-state index in [0.717, 1.165) is 42.0 Å². The zero-order valence-corrected chi connectivity index (χ0v) is 11.1. The number of carboxylic acids is 1. The molecule has 0 radical (unpaired) electrons. The van der Waals surface area contributed by atoms with Gasteiger partial charge in [-0.3, -0.25) is 4.79 Å². The SMILES string of the molecule is O=C(O)/C=C/c1ccc(NC(=O)C2CC3CC3C2)cc1. The number of nitrogens with one attached hydrogen (secondary N) is 1. The molecule has 2 unspecified atom stereocenters. The van der Waals surface area contributed by atoms with E-state index in [2.05, 4.69) is 5.32 Å². The van der Waals surface area contributed by atoms with Crippen LogP contribution in [0.15, 0.2) is 30.3 Å². The van der Waals surface area contributed by atoms with Gasteiger partial charge in [0, 0.05) is 17.7 Å². The molecule has 0 aromatic heterocycles. The molecule has 2 fully saturated rings. The number of carbonyl (C=O) groups excluding carboxylic acids is 1. The molecule has 1 aromatic rings. The van der Waals surface area contributed by atoms with E-state index in [9.17, 15) is 9.59 Å². The number of hydrogen-bond acceptors (Lipinski definition) is 2. The Balaban J connectivity index is 1.57. The van der Waals surface area contributed by atoms with Crippen LogP contribution in [0.1, 0.15) is 24.8 Å². The lowest BCUT2D eigenvalue weighted by Crippen LogP contribution is -2.21. The van der Waals surface area contributed by atoms with Crippen LogP contribution in [0.2, 0.25) is 0 Å². The Labute approximate surface area is 117 Å². The topological polar surface area (TPSA) is 66.4 Å². The number of rotatable bonds is 4. The van der Waals surface area contributed by atoms with E-state index in [1.165, 1.54) is 12.5 Å². The highest BCUT2D eigenvalue weighted by molar-refractivity contribution is 5.93. The quantitative estimate of drug-likeness (QED) is 0.827. The number of aliphatic carboxylic acids is 1. The molecule has 1 amide bonds. The molecule has 0 aliphatic heterocycles. The van der Waals surface area contributed by atoms with Gasteiger partial charge >= 0.3 is 5.97 Å². The smallest absolute Gasteiger partial charge is 0.328 e. The second kappa shape index (κ2) is 5.12. The number of carboxylic acid groups (broad SMARTS) is 1. The van der Waals surface area contributed by atoms with Crippen LogP contribution in [-0.4, -0.2) is 17.0 Å². The molecule has 2 aliphatic rings. The van der Waals surface area contributed by atoms with Crippen molar-refractivity contribution >= 4 is 23.6 Å². The van der Waals surface area contributed by atoms with Crippen molar-refractivity contribution in [3.63, 3.8) is 0 Å². The molecule has 0 saturated heterocycles. The lowest BCUT2D eigenvalue weighted by molar-refractivity contribution is -0.131. The van der Waals surface area contributed by atoms with Gasteiger partial charge < -0.3 is 10.4 Å². The maximum Gasteiger partial charge on any atom is 0.328 e. The average molecular weight is 271 g/mol. The van der Waals surface area contributed by atoms with E-state index in [-0.39, 0.29) is 11.8 Å². The monoisotopic (exact) mass is 271 g/mol. The standard InChI is InChI=1S/C16H17NO3/c18-15(19)6-3-10-1-4-14(5-2-10)17-16(20)13-8-11-7-12(11)9-13/h1-6,11-13H,7-9H2,(H,17,20)(H,18,19)/b6-3+. The molecular formula is C16H17NO3. The Morgan fingerprint density at radius 3 is 2.35 bits per heavy atom. The van der Waals surface area contributed by atoms with E-state index >= 15 is 0 Å². The molecule has 0 heterocycles. The largest absolute Gasteiger partial charge is 0.478 e. The third kappa shape index (κ3) is 2.90. The fourth-order valence-corrected chi connectivity index (χ4v) is 3.02. The maximum atomic E-state index is 12.1. The molecule has 0 bridgehead atoms. The summed E-state index contributed by atoms with van der Waals surface area (Å²) in [5, 5.41) is 11.5. The first-order valence-electron chi connectivity index (χ1n) is 6.94. The molecule has 2 atom stereocenters. The third-order valence-electron chi connectivity index (χ3n) is 4.21. The number of anilines is 1. The molecule has 0 spiro atoms.